The Hall–Kier alpha value is -1.26. The highest BCUT2D eigenvalue weighted by atomic mass is 35.5. The van der Waals surface area contributed by atoms with Crippen LogP contribution in [0.15, 0.2) is 23.0 Å². The highest BCUT2D eigenvalue weighted by Crippen LogP contribution is 2.23. The minimum Gasteiger partial charge on any atom is -0.246 e. The van der Waals surface area contributed by atoms with Gasteiger partial charge in [0.15, 0.2) is 0 Å². The predicted molar refractivity (Wildman–Crippen MR) is 63.6 cm³/mol. The molecule has 0 saturated carbocycles. The Morgan fingerprint density at radius 2 is 2.00 bits per heavy atom. The fourth-order valence-corrected chi connectivity index (χ4v) is 2.02. The molecule has 0 aliphatic carbocycles. The molecule has 84 valence electrons. The Bertz CT molecular complexity index is 601. The van der Waals surface area contributed by atoms with E-state index in [4.69, 9.17) is 23.2 Å². The molecule has 4 nitrogen and oxygen atoms in total. The van der Waals surface area contributed by atoms with Crippen molar-refractivity contribution in [3.8, 4) is 5.69 Å². The number of halogens is 2. The smallest absolute Gasteiger partial charge is 0.246 e. The molecule has 0 N–H and O–H groups in total. The van der Waals surface area contributed by atoms with Crippen LogP contribution >= 0.6 is 23.2 Å². The van der Waals surface area contributed by atoms with Gasteiger partial charge in [-0.25, -0.2) is 14.0 Å². The summed E-state index contributed by atoms with van der Waals surface area (Å²) in [5.41, 5.74) is 0.350. The van der Waals surface area contributed by atoms with Crippen LogP contribution in [-0.4, -0.2) is 14.3 Å². The zero-order valence-electron chi connectivity index (χ0n) is 8.74. The van der Waals surface area contributed by atoms with E-state index in [0.717, 1.165) is 0 Å². The highest BCUT2D eigenvalue weighted by molar-refractivity contribution is 6.35. The van der Waals surface area contributed by atoms with Gasteiger partial charge in [0, 0.05) is 12.1 Å². The van der Waals surface area contributed by atoms with Crippen LogP contribution in [0, 0.1) is 6.92 Å². The maximum atomic E-state index is 11.8. The average molecular weight is 258 g/mol. The van der Waals surface area contributed by atoms with E-state index in [1.807, 2.05) is 0 Å². The number of aryl methyl sites for hydroxylation is 2. The molecule has 0 bridgehead atoms. The van der Waals surface area contributed by atoms with E-state index < -0.39 is 0 Å². The Labute approximate surface area is 102 Å². The van der Waals surface area contributed by atoms with E-state index in [1.54, 1.807) is 32.2 Å². The first kappa shape index (κ1) is 11.2. The summed E-state index contributed by atoms with van der Waals surface area (Å²) in [6, 6.07) is 4.97. The monoisotopic (exact) mass is 257 g/mol. The molecule has 16 heavy (non-hydrogen) atoms. The molecule has 2 rings (SSSR count). The molecule has 6 heteroatoms. The fourth-order valence-electron chi connectivity index (χ4n) is 1.53. The number of rotatable bonds is 1. The van der Waals surface area contributed by atoms with Gasteiger partial charge in [0.2, 0.25) is 0 Å². The van der Waals surface area contributed by atoms with E-state index in [-0.39, 0.29) is 5.69 Å². The summed E-state index contributed by atoms with van der Waals surface area (Å²) in [6.07, 6.45) is 0. The van der Waals surface area contributed by atoms with Gasteiger partial charge >= 0.3 is 5.69 Å². The molecular formula is C10H9Cl2N3O. The third kappa shape index (κ3) is 1.74. The Balaban J connectivity index is 2.72. The molecule has 1 heterocycles. The quantitative estimate of drug-likeness (QED) is 0.786. The normalized spacial score (nSPS) is 10.8. The minimum absolute atomic E-state index is 0.235. The van der Waals surface area contributed by atoms with Crippen LogP contribution in [0.1, 0.15) is 5.82 Å². The zero-order valence-corrected chi connectivity index (χ0v) is 10.2. The molecule has 1 aromatic carbocycles. The predicted octanol–water partition coefficient (Wildman–Crippen LogP) is 2.19. The summed E-state index contributed by atoms with van der Waals surface area (Å²) in [7, 11) is 1.59. The van der Waals surface area contributed by atoms with Crippen LogP contribution in [0.4, 0.5) is 0 Å². The molecule has 1 aromatic heterocycles. The molecule has 0 amide bonds. The third-order valence-electron chi connectivity index (χ3n) is 2.24. The number of aromatic nitrogens is 3. The van der Waals surface area contributed by atoms with Crippen LogP contribution in [0.25, 0.3) is 5.69 Å². The highest BCUT2D eigenvalue weighted by Gasteiger charge is 2.12. The van der Waals surface area contributed by atoms with E-state index >= 15 is 0 Å². The summed E-state index contributed by atoms with van der Waals surface area (Å²) in [4.78, 5) is 11.8. The van der Waals surface area contributed by atoms with Crippen molar-refractivity contribution in [1.82, 2.24) is 14.3 Å². The number of nitrogens with zero attached hydrogens (tertiary/aromatic N) is 3. The second kappa shape index (κ2) is 3.96. The lowest BCUT2D eigenvalue weighted by atomic mass is 10.3. The summed E-state index contributed by atoms with van der Waals surface area (Å²) in [5, 5.41) is 4.98. The SMILES string of the molecule is Cc1nn(C)c(=O)n1-c1ccc(Cl)cc1Cl. The van der Waals surface area contributed by atoms with Gasteiger partial charge in [0.05, 0.1) is 10.7 Å². The van der Waals surface area contributed by atoms with E-state index in [9.17, 15) is 4.79 Å². The van der Waals surface area contributed by atoms with Gasteiger partial charge in [-0.3, -0.25) is 0 Å². The van der Waals surface area contributed by atoms with Crippen molar-refractivity contribution >= 4 is 23.2 Å². The Morgan fingerprint density at radius 1 is 1.31 bits per heavy atom. The lowest BCUT2D eigenvalue weighted by molar-refractivity contribution is 0.723. The first-order valence-corrected chi connectivity index (χ1v) is 5.34. The molecule has 0 atom stereocenters. The van der Waals surface area contributed by atoms with Crippen molar-refractivity contribution < 1.29 is 0 Å². The van der Waals surface area contributed by atoms with Crippen LogP contribution in [0.5, 0.6) is 0 Å². The lowest BCUT2D eigenvalue weighted by Crippen LogP contribution is -2.22. The van der Waals surface area contributed by atoms with Crippen molar-refractivity contribution in [2.24, 2.45) is 7.05 Å². The standard InChI is InChI=1S/C10H9Cl2N3O/c1-6-13-14(2)10(16)15(6)9-4-3-7(11)5-8(9)12/h3-5H,1-2H3. The van der Waals surface area contributed by atoms with Gasteiger partial charge in [-0.05, 0) is 25.1 Å². The van der Waals surface area contributed by atoms with Gasteiger partial charge in [-0.2, -0.15) is 5.10 Å². The van der Waals surface area contributed by atoms with Crippen LogP contribution < -0.4 is 5.69 Å². The maximum Gasteiger partial charge on any atom is 0.350 e. The molecule has 0 unspecified atom stereocenters. The van der Waals surface area contributed by atoms with Crippen LogP contribution in [0.3, 0.4) is 0 Å². The van der Waals surface area contributed by atoms with Crippen molar-refractivity contribution in [3.63, 3.8) is 0 Å². The van der Waals surface area contributed by atoms with Crippen LogP contribution in [-0.2, 0) is 7.05 Å². The number of benzene rings is 1. The second-order valence-electron chi connectivity index (χ2n) is 3.38. The van der Waals surface area contributed by atoms with Gasteiger partial charge in [0.25, 0.3) is 0 Å². The van der Waals surface area contributed by atoms with Crippen molar-refractivity contribution in [2.75, 3.05) is 0 Å². The molecule has 0 aliphatic rings. The molecule has 2 aromatic rings. The van der Waals surface area contributed by atoms with E-state index in [1.165, 1.54) is 9.25 Å². The average Bonchev–Trinajstić information content (AvgIpc) is 2.43. The number of hydrogen-bond acceptors (Lipinski definition) is 2. The Morgan fingerprint density at radius 3 is 2.50 bits per heavy atom. The van der Waals surface area contributed by atoms with Crippen molar-refractivity contribution in [3.05, 3.63) is 44.6 Å². The van der Waals surface area contributed by atoms with E-state index in [2.05, 4.69) is 5.10 Å². The first-order valence-electron chi connectivity index (χ1n) is 4.59. The zero-order chi connectivity index (χ0) is 11.9. The summed E-state index contributed by atoms with van der Waals surface area (Å²) in [5.74, 6) is 0.580. The van der Waals surface area contributed by atoms with Gasteiger partial charge in [-0.15, -0.1) is 0 Å². The summed E-state index contributed by atoms with van der Waals surface area (Å²) >= 11 is 11.8. The Kier molecular flexibility index (Phi) is 2.78. The number of hydrogen-bond donors (Lipinski definition) is 0. The molecular weight excluding hydrogens is 249 g/mol. The molecule has 0 spiro atoms. The maximum absolute atomic E-state index is 11.8. The van der Waals surface area contributed by atoms with Gasteiger partial charge in [0.1, 0.15) is 5.82 Å². The minimum atomic E-state index is -0.235. The van der Waals surface area contributed by atoms with Gasteiger partial charge in [-0.1, -0.05) is 23.2 Å². The molecule has 0 aliphatic heterocycles. The third-order valence-corrected chi connectivity index (χ3v) is 2.77. The summed E-state index contributed by atoms with van der Waals surface area (Å²) in [6.45, 7) is 1.74. The molecule has 0 saturated heterocycles. The largest absolute Gasteiger partial charge is 0.350 e. The topological polar surface area (TPSA) is 39.8 Å². The molecule has 0 radical (unpaired) electrons. The van der Waals surface area contributed by atoms with Crippen LogP contribution in [0.2, 0.25) is 10.0 Å². The lowest BCUT2D eigenvalue weighted by Gasteiger charge is -2.05. The summed E-state index contributed by atoms with van der Waals surface area (Å²) < 4.78 is 2.71. The van der Waals surface area contributed by atoms with Crippen molar-refractivity contribution in [2.45, 2.75) is 6.92 Å². The fraction of sp³-hybridized carbons (Fsp3) is 0.200. The second-order valence-corrected chi connectivity index (χ2v) is 4.23. The van der Waals surface area contributed by atoms with E-state index in [0.29, 0.717) is 21.6 Å². The molecule has 0 fully saturated rings. The van der Waals surface area contributed by atoms with Gasteiger partial charge < -0.3 is 0 Å². The first-order chi connectivity index (χ1) is 7.50. The van der Waals surface area contributed by atoms with Crippen molar-refractivity contribution in [1.29, 1.82) is 0 Å².